The van der Waals surface area contributed by atoms with E-state index in [0.717, 1.165) is 83.5 Å². The largest absolute Gasteiger partial charge is 0.472 e. The number of nitrogens with two attached hydrogens (primary N) is 1. The van der Waals surface area contributed by atoms with Crippen LogP contribution < -0.4 is 5.73 Å². The number of hydrogen-bond donors (Lipinski definition) is 2. The van der Waals surface area contributed by atoms with Gasteiger partial charge in [0.05, 0.1) is 19.8 Å². The number of phosphoric acid groups is 1. The molecule has 364 valence electrons. The van der Waals surface area contributed by atoms with E-state index < -0.39 is 13.9 Å². The van der Waals surface area contributed by atoms with E-state index in [2.05, 4.69) is 98.9 Å². The number of carbonyl (C=O) groups is 1. The molecule has 63 heavy (non-hydrogen) atoms. The molecule has 0 saturated heterocycles. The quantitative estimate of drug-likeness (QED) is 0.0268. The van der Waals surface area contributed by atoms with Crippen LogP contribution >= 0.6 is 7.82 Å². The normalized spacial score (nSPS) is 14.0. The van der Waals surface area contributed by atoms with Gasteiger partial charge >= 0.3 is 13.8 Å². The fourth-order valence-electron chi connectivity index (χ4n) is 6.86. The Bertz CT molecular complexity index is 1240. The molecule has 0 fully saturated rings. The zero-order valence-corrected chi connectivity index (χ0v) is 41.4. The predicted octanol–water partition coefficient (Wildman–Crippen LogP) is 16.0. The summed E-state index contributed by atoms with van der Waals surface area (Å²) >= 11 is 0. The van der Waals surface area contributed by atoms with Crippen molar-refractivity contribution in [1.82, 2.24) is 0 Å². The Kier molecular flexibility index (Phi) is 48.8. The average Bonchev–Trinajstić information content (AvgIpc) is 3.28. The van der Waals surface area contributed by atoms with E-state index in [1.807, 2.05) is 0 Å². The molecule has 0 saturated carbocycles. The van der Waals surface area contributed by atoms with E-state index in [4.69, 9.17) is 24.3 Å². The molecule has 0 spiro atoms. The van der Waals surface area contributed by atoms with E-state index in [1.54, 1.807) is 0 Å². The van der Waals surface area contributed by atoms with Crippen LogP contribution in [0.15, 0.2) is 85.1 Å². The number of esters is 1. The van der Waals surface area contributed by atoms with E-state index >= 15 is 0 Å². The number of phosphoric ester groups is 1. The van der Waals surface area contributed by atoms with Gasteiger partial charge in [-0.05, 0) is 70.6 Å². The minimum absolute atomic E-state index is 0.0837. The lowest BCUT2D eigenvalue weighted by molar-refractivity contribution is -0.154. The fraction of sp³-hybridized carbons (Fsp3) is 0.722. The summed E-state index contributed by atoms with van der Waals surface area (Å²) in [6.07, 6.45) is 66.2. The summed E-state index contributed by atoms with van der Waals surface area (Å²) in [4.78, 5) is 22.6. The first-order valence-corrected chi connectivity index (χ1v) is 27.1. The molecule has 0 bridgehead atoms. The molecular formula is C54H96NO7P. The molecule has 0 rings (SSSR count). The molecule has 0 heterocycles. The van der Waals surface area contributed by atoms with Crippen LogP contribution in [0.3, 0.4) is 0 Å². The standard InChI is InChI=1S/C54H96NO7P/c1-3-5-7-9-11-13-15-17-19-21-23-25-26-27-28-30-32-34-36-38-40-42-44-46-49-59-51-53(52-61-63(57,58)60-50-48-55)62-54(56)47-45-43-41-39-37-35-33-31-29-24-22-20-18-16-14-12-10-8-6-4-2/h5,7,11,13,17,19,23,25,27-28,32,34,38,40,53H,3-4,6,8-10,12,14-16,18,20-22,24,26,29-31,33,35-37,39,41-52,55H2,1-2H3,(H,57,58)/b7-5-,13-11-,19-17-,25-23-,28-27-,34-32-,40-38-. The highest BCUT2D eigenvalue weighted by Crippen LogP contribution is 2.43. The van der Waals surface area contributed by atoms with Crippen molar-refractivity contribution >= 4 is 13.8 Å². The van der Waals surface area contributed by atoms with Gasteiger partial charge in [0, 0.05) is 19.6 Å². The summed E-state index contributed by atoms with van der Waals surface area (Å²) < 4.78 is 33.5. The van der Waals surface area contributed by atoms with Crippen LogP contribution in [0.4, 0.5) is 0 Å². The number of hydrogen-bond acceptors (Lipinski definition) is 7. The number of rotatable bonds is 48. The topological polar surface area (TPSA) is 117 Å². The van der Waals surface area contributed by atoms with Crippen molar-refractivity contribution in [3.05, 3.63) is 85.1 Å². The molecule has 2 atom stereocenters. The van der Waals surface area contributed by atoms with Crippen LogP contribution in [0.1, 0.15) is 213 Å². The summed E-state index contributed by atoms with van der Waals surface area (Å²) in [5.74, 6) is -0.345. The molecule has 8 nitrogen and oxygen atoms in total. The molecule has 0 aliphatic heterocycles. The maximum atomic E-state index is 12.7. The van der Waals surface area contributed by atoms with Gasteiger partial charge in [0.2, 0.25) is 0 Å². The third-order valence-electron chi connectivity index (χ3n) is 10.6. The smallest absolute Gasteiger partial charge is 0.457 e. The van der Waals surface area contributed by atoms with Crippen LogP contribution in [0.5, 0.6) is 0 Å². The van der Waals surface area contributed by atoms with Gasteiger partial charge in [0.1, 0.15) is 6.10 Å². The molecule has 9 heteroatoms. The molecule has 0 aromatic heterocycles. The van der Waals surface area contributed by atoms with Crippen LogP contribution in [-0.4, -0.2) is 49.9 Å². The molecule has 0 amide bonds. The third kappa shape index (κ3) is 50.5. The molecule has 0 aromatic rings. The molecule has 0 aromatic carbocycles. The molecular weight excluding hydrogens is 806 g/mol. The molecule has 0 aliphatic carbocycles. The summed E-state index contributed by atoms with van der Waals surface area (Å²) in [6, 6.07) is 0. The lowest BCUT2D eigenvalue weighted by Gasteiger charge is -2.20. The highest BCUT2D eigenvalue weighted by atomic mass is 31.2. The van der Waals surface area contributed by atoms with Gasteiger partial charge < -0.3 is 20.1 Å². The summed E-state index contributed by atoms with van der Waals surface area (Å²) in [7, 11) is -4.30. The van der Waals surface area contributed by atoms with Gasteiger partial charge in [0.15, 0.2) is 0 Å². The fourth-order valence-corrected chi connectivity index (χ4v) is 7.63. The summed E-state index contributed by atoms with van der Waals surface area (Å²) in [5.41, 5.74) is 5.39. The SMILES string of the molecule is CC/C=C\C/C=C\C/C=C\C/C=C\C/C=C\C/C=C\C/C=C\CCCCOCC(COP(=O)(O)OCCN)OC(=O)CCCCCCCCCCCCCCCCCCCCCC. The number of unbranched alkanes of at least 4 members (excludes halogenated alkanes) is 21. The van der Waals surface area contributed by atoms with Crippen molar-refractivity contribution in [1.29, 1.82) is 0 Å². The van der Waals surface area contributed by atoms with Crippen LogP contribution in [0.25, 0.3) is 0 Å². The van der Waals surface area contributed by atoms with Gasteiger partial charge in [-0.25, -0.2) is 4.57 Å². The van der Waals surface area contributed by atoms with Crippen molar-refractivity contribution in [2.75, 3.05) is 33.0 Å². The van der Waals surface area contributed by atoms with Crippen molar-refractivity contribution < 1.29 is 32.8 Å². The number of ether oxygens (including phenoxy) is 2. The molecule has 0 radical (unpaired) electrons. The van der Waals surface area contributed by atoms with Crippen molar-refractivity contribution in [2.45, 2.75) is 219 Å². The monoisotopic (exact) mass is 902 g/mol. The highest BCUT2D eigenvalue weighted by molar-refractivity contribution is 7.47. The van der Waals surface area contributed by atoms with Crippen LogP contribution in [-0.2, 0) is 27.9 Å². The van der Waals surface area contributed by atoms with Crippen molar-refractivity contribution in [3.63, 3.8) is 0 Å². The Morgan fingerprint density at radius 3 is 1.30 bits per heavy atom. The number of allylic oxidation sites excluding steroid dienone is 14. The molecule has 3 N–H and O–H groups in total. The van der Waals surface area contributed by atoms with Gasteiger partial charge in [-0.15, -0.1) is 0 Å². The summed E-state index contributed by atoms with van der Waals surface area (Å²) in [5, 5.41) is 0. The maximum absolute atomic E-state index is 12.7. The Morgan fingerprint density at radius 2 is 0.889 bits per heavy atom. The van der Waals surface area contributed by atoms with Crippen LogP contribution in [0, 0.1) is 0 Å². The maximum Gasteiger partial charge on any atom is 0.472 e. The Labute approximate surface area is 388 Å². The first-order chi connectivity index (χ1) is 30.9. The highest BCUT2D eigenvalue weighted by Gasteiger charge is 2.25. The Balaban J connectivity index is 4.05. The van der Waals surface area contributed by atoms with E-state index in [0.29, 0.717) is 13.0 Å². The minimum atomic E-state index is -4.30. The predicted molar refractivity (Wildman–Crippen MR) is 270 cm³/mol. The first-order valence-electron chi connectivity index (χ1n) is 25.6. The summed E-state index contributed by atoms with van der Waals surface area (Å²) in [6.45, 7) is 4.71. The first kappa shape index (κ1) is 60.7. The second-order valence-corrected chi connectivity index (χ2v) is 18.1. The zero-order chi connectivity index (χ0) is 45.8. The molecule has 2 unspecified atom stereocenters. The van der Waals surface area contributed by atoms with E-state index in [-0.39, 0.29) is 32.3 Å². The second-order valence-electron chi connectivity index (χ2n) is 16.7. The second kappa shape index (κ2) is 50.7. The van der Waals surface area contributed by atoms with Crippen molar-refractivity contribution in [2.24, 2.45) is 5.73 Å². The van der Waals surface area contributed by atoms with Gasteiger partial charge in [-0.1, -0.05) is 221 Å². The Morgan fingerprint density at radius 1 is 0.492 bits per heavy atom. The zero-order valence-electron chi connectivity index (χ0n) is 40.5. The lowest BCUT2D eigenvalue weighted by Crippen LogP contribution is -2.28. The van der Waals surface area contributed by atoms with Crippen LogP contribution in [0.2, 0.25) is 0 Å². The van der Waals surface area contributed by atoms with Crippen molar-refractivity contribution in [3.8, 4) is 0 Å². The Hall–Kier alpha value is -2.32. The van der Waals surface area contributed by atoms with E-state index in [9.17, 15) is 14.3 Å². The third-order valence-corrected chi connectivity index (χ3v) is 11.6. The lowest BCUT2D eigenvalue weighted by atomic mass is 10.0. The minimum Gasteiger partial charge on any atom is -0.457 e. The van der Waals surface area contributed by atoms with Gasteiger partial charge in [-0.3, -0.25) is 13.8 Å². The van der Waals surface area contributed by atoms with Gasteiger partial charge in [-0.2, -0.15) is 0 Å². The molecule has 0 aliphatic rings. The van der Waals surface area contributed by atoms with Gasteiger partial charge in [0.25, 0.3) is 0 Å². The average molecular weight is 902 g/mol. The number of carbonyl (C=O) groups excluding carboxylic acids is 1. The van der Waals surface area contributed by atoms with E-state index in [1.165, 1.54) is 109 Å².